The smallest absolute Gasteiger partial charge is 0.258 e. The highest BCUT2D eigenvalue weighted by Gasteiger charge is 2.15. The lowest BCUT2D eigenvalue weighted by Crippen LogP contribution is -2.14. The lowest BCUT2D eigenvalue weighted by atomic mass is 10.2. The van der Waals surface area contributed by atoms with E-state index in [0.29, 0.717) is 10.7 Å². The van der Waals surface area contributed by atoms with E-state index in [4.69, 9.17) is 23.2 Å². The Morgan fingerprint density at radius 2 is 1.89 bits per heavy atom. The normalized spacial score (nSPS) is 10.3. The second-order valence-corrected chi connectivity index (χ2v) is 5.41. The summed E-state index contributed by atoms with van der Waals surface area (Å²) in [5, 5.41) is 2.79. The maximum atomic E-state index is 13.7. The molecule has 0 radical (unpaired) electrons. The van der Waals surface area contributed by atoms with Gasteiger partial charge in [0.25, 0.3) is 5.91 Å². The van der Waals surface area contributed by atoms with Crippen molar-refractivity contribution in [2.24, 2.45) is 0 Å². The molecule has 0 saturated carbocycles. The van der Waals surface area contributed by atoms with Crippen LogP contribution in [0.5, 0.6) is 0 Å². The van der Waals surface area contributed by atoms with E-state index in [9.17, 15) is 9.18 Å². The minimum absolute atomic E-state index is 0.104. The van der Waals surface area contributed by atoms with Crippen LogP contribution in [0, 0.1) is 5.82 Å². The third-order valence-electron chi connectivity index (χ3n) is 2.37. The maximum absolute atomic E-state index is 13.7. The summed E-state index contributed by atoms with van der Waals surface area (Å²) >= 11 is 14.8. The van der Waals surface area contributed by atoms with Gasteiger partial charge in [-0.25, -0.2) is 4.39 Å². The number of anilines is 1. The molecule has 2 aromatic carbocycles. The Morgan fingerprint density at radius 1 is 1.16 bits per heavy atom. The van der Waals surface area contributed by atoms with Crippen molar-refractivity contribution in [3.63, 3.8) is 0 Å². The van der Waals surface area contributed by atoms with Crippen LogP contribution in [-0.4, -0.2) is 5.91 Å². The van der Waals surface area contributed by atoms with Gasteiger partial charge in [0.2, 0.25) is 0 Å². The summed E-state index contributed by atoms with van der Waals surface area (Å²) < 4.78 is 14.4. The van der Waals surface area contributed by atoms with Crippen molar-refractivity contribution in [3.8, 4) is 0 Å². The summed E-state index contributed by atoms with van der Waals surface area (Å²) in [6, 6.07) is 9.21. The van der Waals surface area contributed by atoms with Gasteiger partial charge in [-0.2, -0.15) is 0 Å². The molecule has 0 bridgehead atoms. The summed E-state index contributed by atoms with van der Waals surface area (Å²) in [5.74, 6) is -1.37. The van der Waals surface area contributed by atoms with Crippen LogP contribution >= 0.6 is 39.1 Å². The first-order valence-corrected chi connectivity index (χ1v) is 6.74. The average Bonchev–Trinajstić information content (AvgIpc) is 2.37. The van der Waals surface area contributed by atoms with E-state index in [1.807, 2.05) is 0 Å². The summed E-state index contributed by atoms with van der Waals surface area (Å²) in [6.45, 7) is 0. The molecule has 0 heterocycles. The van der Waals surface area contributed by atoms with Gasteiger partial charge >= 0.3 is 0 Å². The minimum atomic E-state index is -0.757. The summed E-state index contributed by atoms with van der Waals surface area (Å²) in [7, 11) is 0. The number of hydrogen-bond acceptors (Lipinski definition) is 1. The molecule has 0 aliphatic carbocycles. The lowest BCUT2D eigenvalue weighted by Gasteiger charge is -2.08. The molecule has 0 atom stereocenters. The Morgan fingerprint density at radius 3 is 2.63 bits per heavy atom. The number of amides is 1. The predicted molar refractivity (Wildman–Crippen MR) is 78.5 cm³/mol. The Kier molecular flexibility index (Phi) is 4.45. The molecule has 2 nitrogen and oxygen atoms in total. The topological polar surface area (TPSA) is 29.1 Å². The maximum Gasteiger partial charge on any atom is 0.258 e. The largest absolute Gasteiger partial charge is 0.321 e. The van der Waals surface area contributed by atoms with Crippen LogP contribution in [0.3, 0.4) is 0 Å². The highest BCUT2D eigenvalue weighted by atomic mass is 79.9. The van der Waals surface area contributed by atoms with E-state index < -0.39 is 11.7 Å². The Bertz CT molecular complexity index is 649. The van der Waals surface area contributed by atoms with E-state index in [0.717, 1.165) is 4.47 Å². The quantitative estimate of drug-likeness (QED) is 0.786. The molecule has 0 spiro atoms. The zero-order chi connectivity index (χ0) is 14.0. The third kappa shape index (κ3) is 3.26. The van der Waals surface area contributed by atoms with E-state index in [-0.39, 0.29) is 10.6 Å². The second-order valence-electron chi connectivity index (χ2n) is 3.68. The molecule has 0 unspecified atom stereocenters. The Hall–Kier alpha value is -1.10. The van der Waals surface area contributed by atoms with Crippen molar-refractivity contribution in [1.82, 2.24) is 0 Å². The number of benzene rings is 2. The SMILES string of the molecule is O=C(Nc1cc(Br)ccc1Cl)c1cccc(Cl)c1F. The number of hydrogen-bond donors (Lipinski definition) is 1. The highest BCUT2D eigenvalue weighted by molar-refractivity contribution is 9.10. The van der Waals surface area contributed by atoms with Crippen LogP contribution in [-0.2, 0) is 0 Å². The van der Waals surface area contributed by atoms with Gasteiger partial charge in [-0.15, -0.1) is 0 Å². The molecule has 0 saturated heterocycles. The third-order valence-corrected chi connectivity index (χ3v) is 3.49. The van der Waals surface area contributed by atoms with Gasteiger partial charge in [0.15, 0.2) is 5.82 Å². The Labute approximate surface area is 127 Å². The molecule has 6 heteroatoms. The van der Waals surface area contributed by atoms with Gasteiger partial charge < -0.3 is 5.32 Å². The number of carbonyl (C=O) groups is 1. The van der Waals surface area contributed by atoms with Crippen LogP contribution in [0.25, 0.3) is 0 Å². The fourth-order valence-electron chi connectivity index (χ4n) is 1.46. The van der Waals surface area contributed by atoms with Crippen LogP contribution in [0.1, 0.15) is 10.4 Å². The Balaban J connectivity index is 2.31. The zero-order valence-electron chi connectivity index (χ0n) is 9.38. The average molecular weight is 363 g/mol. The lowest BCUT2D eigenvalue weighted by molar-refractivity contribution is 0.102. The zero-order valence-corrected chi connectivity index (χ0v) is 12.5. The molecule has 2 aromatic rings. The predicted octanol–water partition coefficient (Wildman–Crippen LogP) is 5.15. The van der Waals surface area contributed by atoms with E-state index in [1.54, 1.807) is 18.2 Å². The number of rotatable bonds is 2. The van der Waals surface area contributed by atoms with Gasteiger partial charge in [0.1, 0.15) is 0 Å². The molecular formula is C13H7BrCl2FNO. The van der Waals surface area contributed by atoms with E-state index >= 15 is 0 Å². The van der Waals surface area contributed by atoms with Gasteiger partial charge in [0, 0.05) is 4.47 Å². The van der Waals surface area contributed by atoms with Crippen LogP contribution in [0.4, 0.5) is 10.1 Å². The molecule has 1 amide bonds. The van der Waals surface area contributed by atoms with Crippen LogP contribution < -0.4 is 5.32 Å². The summed E-state index contributed by atoms with van der Waals surface area (Å²) in [5.41, 5.74) is 0.254. The van der Waals surface area contributed by atoms with Crippen LogP contribution in [0.2, 0.25) is 10.0 Å². The number of halogens is 4. The molecule has 1 N–H and O–H groups in total. The van der Waals surface area contributed by atoms with E-state index in [2.05, 4.69) is 21.2 Å². The fourth-order valence-corrected chi connectivity index (χ4v) is 2.16. The molecule has 98 valence electrons. The van der Waals surface area contributed by atoms with Gasteiger partial charge in [-0.1, -0.05) is 45.2 Å². The van der Waals surface area contributed by atoms with Gasteiger partial charge in [-0.3, -0.25) is 4.79 Å². The first-order valence-electron chi connectivity index (χ1n) is 5.19. The fraction of sp³-hybridized carbons (Fsp3) is 0. The van der Waals surface area contributed by atoms with Crippen molar-refractivity contribution in [2.45, 2.75) is 0 Å². The molecule has 0 fully saturated rings. The molecular weight excluding hydrogens is 356 g/mol. The number of nitrogens with one attached hydrogen (secondary N) is 1. The summed E-state index contributed by atoms with van der Waals surface area (Å²) in [4.78, 5) is 12.0. The number of carbonyl (C=O) groups excluding carboxylic acids is 1. The molecule has 0 aromatic heterocycles. The minimum Gasteiger partial charge on any atom is -0.321 e. The van der Waals surface area contributed by atoms with Crippen molar-refractivity contribution in [1.29, 1.82) is 0 Å². The van der Waals surface area contributed by atoms with Gasteiger partial charge in [0.05, 0.1) is 21.3 Å². The molecule has 19 heavy (non-hydrogen) atoms. The van der Waals surface area contributed by atoms with Crippen molar-refractivity contribution in [2.75, 3.05) is 5.32 Å². The standard InChI is InChI=1S/C13H7BrCl2FNO/c14-7-4-5-9(15)11(6-7)18-13(19)8-2-1-3-10(16)12(8)17/h1-6H,(H,18,19). The van der Waals surface area contributed by atoms with Crippen molar-refractivity contribution in [3.05, 3.63) is 62.3 Å². The highest BCUT2D eigenvalue weighted by Crippen LogP contribution is 2.27. The van der Waals surface area contributed by atoms with Crippen molar-refractivity contribution >= 4 is 50.7 Å². The molecule has 0 aliphatic rings. The molecule has 2 rings (SSSR count). The summed E-state index contributed by atoms with van der Waals surface area (Å²) in [6.07, 6.45) is 0. The van der Waals surface area contributed by atoms with Gasteiger partial charge in [-0.05, 0) is 30.3 Å². The van der Waals surface area contributed by atoms with Crippen molar-refractivity contribution < 1.29 is 9.18 Å². The van der Waals surface area contributed by atoms with E-state index in [1.165, 1.54) is 18.2 Å². The second kappa shape index (κ2) is 5.90. The first kappa shape index (κ1) is 14.3. The monoisotopic (exact) mass is 361 g/mol. The molecule has 0 aliphatic heterocycles. The van der Waals surface area contributed by atoms with Crippen LogP contribution in [0.15, 0.2) is 40.9 Å². The first-order chi connectivity index (χ1) is 8.99.